The molecule has 2 unspecified atom stereocenters. The number of aliphatic hydroxyl groups excluding tert-OH is 1. The Kier molecular flexibility index (Phi) is 5.95. The van der Waals surface area contributed by atoms with Crippen molar-refractivity contribution in [1.82, 2.24) is 10.3 Å². The second kappa shape index (κ2) is 6.99. The summed E-state index contributed by atoms with van der Waals surface area (Å²) in [6.45, 7) is 7.64. The van der Waals surface area contributed by atoms with E-state index >= 15 is 0 Å². The Morgan fingerprint density at radius 1 is 1.50 bits per heavy atom. The van der Waals surface area contributed by atoms with Crippen LogP contribution in [0.15, 0.2) is 5.38 Å². The summed E-state index contributed by atoms with van der Waals surface area (Å²) >= 11 is 1.74. The van der Waals surface area contributed by atoms with Crippen molar-refractivity contribution < 1.29 is 5.11 Å². The molecule has 1 rings (SSSR count). The molecule has 0 saturated heterocycles. The van der Waals surface area contributed by atoms with E-state index in [2.05, 4.69) is 29.5 Å². The van der Waals surface area contributed by atoms with Crippen molar-refractivity contribution in [2.24, 2.45) is 0 Å². The molecule has 0 aliphatic heterocycles. The van der Waals surface area contributed by atoms with E-state index in [1.54, 1.807) is 11.3 Å². The first-order chi connectivity index (χ1) is 7.63. The maximum absolute atomic E-state index is 8.74. The lowest BCUT2D eigenvalue weighted by Crippen LogP contribution is -2.29. The average molecular weight is 242 g/mol. The van der Waals surface area contributed by atoms with Gasteiger partial charge in [-0.2, -0.15) is 0 Å². The molecule has 0 amide bonds. The molecule has 0 aliphatic carbocycles. The van der Waals surface area contributed by atoms with Gasteiger partial charge in [-0.15, -0.1) is 11.3 Å². The number of aliphatic hydroxyl groups is 1. The molecule has 0 aromatic carbocycles. The normalized spacial score (nSPS) is 15.0. The number of nitrogens with one attached hydrogen (secondary N) is 1. The molecule has 0 fully saturated rings. The molecular weight excluding hydrogens is 220 g/mol. The Morgan fingerprint density at radius 2 is 2.25 bits per heavy atom. The number of rotatable bonds is 7. The van der Waals surface area contributed by atoms with Crippen LogP contribution in [0.2, 0.25) is 0 Å². The van der Waals surface area contributed by atoms with E-state index in [0.717, 1.165) is 25.1 Å². The Morgan fingerprint density at radius 3 is 2.81 bits per heavy atom. The van der Waals surface area contributed by atoms with Crippen molar-refractivity contribution in [1.29, 1.82) is 0 Å². The molecule has 16 heavy (non-hydrogen) atoms. The highest BCUT2D eigenvalue weighted by Gasteiger charge is 2.10. The molecule has 4 heteroatoms. The van der Waals surface area contributed by atoms with Gasteiger partial charge < -0.3 is 10.4 Å². The first-order valence-corrected chi connectivity index (χ1v) is 6.77. The van der Waals surface area contributed by atoms with Crippen LogP contribution in [0.3, 0.4) is 0 Å². The minimum atomic E-state index is 0.285. The molecule has 1 heterocycles. The monoisotopic (exact) mass is 242 g/mol. The molecule has 0 bridgehead atoms. The fourth-order valence-electron chi connectivity index (χ4n) is 1.56. The molecule has 3 nitrogen and oxygen atoms in total. The van der Waals surface area contributed by atoms with Gasteiger partial charge >= 0.3 is 0 Å². The zero-order valence-corrected chi connectivity index (χ0v) is 11.2. The third-order valence-corrected chi connectivity index (χ3v) is 3.82. The van der Waals surface area contributed by atoms with E-state index in [0.29, 0.717) is 12.0 Å². The summed E-state index contributed by atoms with van der Waals surface area (Å²) in [5.74, 6) is 0.468. The zero-order valence-electron chi connectivity index (χ0n) is 10.4. The molecule has 0 saturated carbocycles. The van der Waals surface area contributed by atoms with Crippen LogP contribution < -0.4 is 5.32 Å². The maximum atomic E-state index is 8.74. The molecule has 2 atom stereocenters. The minimum absolute atomic E-state index is 0.285. The average Bonchev–Trinajstić information content (AvgIpc) is 2.69. The van der Waals surface area contributed by atoms with Crippen LogP contribution in [-0.4, -0.2) is 29.3 Å². The van der Waals surface area contributed by atoms with Crippen LogP contribution >= 0.6 is 11.3 Å². The quantitative estimate of drug-likeness (QED) is 0.771. The van der Waals surface area contributed by atoms with E-state index in [-0.39, 0.29) is 6.61 Å². The summed E-state index contributed by atoms with van der Waals surface area (Å²) in [5.41, 5.74) is 1.11. The summed E-state index contributed by atoms with van der Waals surface area (Å²) in [5, 5.41) is 15.5. The van der Waals surface area contributed by atoms with E-state index in [1.165, 1.54) is 5.01 Å². The van der Waals surface area contributed by atoms with E-state index < -0.39 is 0 Å². The Balaban J connectivity index is 2.27. The van der Waals surface area contributed by atoms with Gasteiger partial charge in [0.25, 0.3) is 0 Å². The first kappa shape index (κ1) is 13.6. The van der Waals surface area contributed by atoms with Gasteiger partial charge in [0, 0.05) is 36.2 Å². The number of nitrogens with zero attached hydrogens (tertiary/aromatic N) is 1. The lowest BCUT2D eigenvalue weighted by Gasteiger charge is -2.16. The number of thiazole rings is 1. The molecule has 1 aromatic rings. The minimum Gasteiger partial charge on any atom is -0.396 e. The molecule has 0 spiro atoms. The van der Waals surface area contributed by atoms with Gasteiger partial charge in [-0.3, -0.25) is 0 Å². The van der Waals surface area contributed by atoms with E-state index in [1.807, 2.05) is 6.92 Å². The van der Waals surface area contributed by atoms with Gasteiger partial charge in [-0.1, -0.05) is 6.92 Å². The fourth-order valence-corrected chi connectivity index (χ4v) is 2.42. The van der Waals surface area contributed by atoms with Gasteiger partial charge in [-0.25, -0.2) is 4.98 Å². The van der Waals surface area contributed by atoms with Crippen LogP contribution in [0.1, 0.15) is 43.3 Å². The Bertz CT molecular complexity index is 301. The van der Waals surface area contributed by atoms with Crippen LogP contribution in [-0.2, 0) is 0 Å². The number of hydrogen-bond acceptors (Lipinski definition) is 4. The van der Waals surface area contributed by atoms with Crippen LogP contribution in [0.4, 0.5) is 0 Å². The molecule has 1 aromatic heterocycles. The first-order valence-electron chi connectivity index (χ1n) is 5.89. The highest BCUT2D eigenvalue weighted by Crippen LogP contribution is 2.19. The highest BCUT2D eigenvalue weighted by atomic mass is 32.1. The largest absolute Gasteiger partial charge is 0.396 e. The Hall–Kier alpha value is -0.450. The van der Waals surface area contributed by atoms with Crippen LogP contribution in [0.5, 0.6) is 0 Å². The standard InChI is InChI=1S/C12H22N2OS/c1-9(12-14-11(3)8-16-12)7-13-10(2)5-4-6-15/h8-10,13,15H,4-7H2,1-3H3. The topological polar surface area (TPSA) is 45.1 Å². The summed E-state index contributed by atoms with van der Waals surface area (Å²) in [7, 11) is 0. The third-order valence-electron chi connectivity index (χ3n) is 2.63. The van der Waals surface area contributed by atoms with Gasteiger partial charge in [0.2, 0.25) is 0 Å². The smallest absolute Gasteiger partial charge is 0.0969 e. The van der Waals surface area contributed by atoms with Gasteiger partial charge in [0.05, 0.1) is 5.01 Å². The van der Waals surface area contributed by atoms with Crippen molar-refractivity contribution >= 4 is 11.3 Å². The van der Waals surface area contributed by atoms with Crippen LogP contribution in [0, 0.1) is 6.92 Å². The number of hydrogen-bond donors (Lipinski definition) is 2. The van der Waals surface area contributed by atoms with E-state index in [9.17, 15) is 0 Å². The van der Waals surface area contributed by atoms with Crippen molar-refractivity contribution in [3.05, 3.63) is 16.1 Å². The summed E-state index contributed by atoms with van der Waals surface area (Å²) < 4.78 is 0. The predicted molar refractivity (Wildman–Crippen MR) is 69.1 cm³/mol. The fraction of sp³-hybridized carbons (Fsp3) is 0.750. The Labute approximate surface area is 102 Å². The molecule has 0 radical (unpaired) electrons. The maximum Gasteiger partial charge on any atom is 0.0969 e. The van der Waals surface area contributed by atoms with Crippen molar-refractivity contribution in [2.45, 2.75) is 45.6 Å². The second-order valence-corrected chi connectivity index (χ2v) is 5.29. The lowest BCUT2D eigenvalue weighted by atomic mass is 10.1. The summed E-state index contributed by atoms with van der Waals surface area (Å²) in [6, 6.07) is 0.468. The number of aryl methyl sites for hydroxylation is 1. The van der Waals surface area contributed by atoms with Gasteiger partial charge in [0.15, 0.2) is 0 Å². The van der Waals surface area contributed by atoms with Gasteiger partial charge in [-0.05, 0) is 26.7 Å². The SMILES string of the molecule is Cc1csc(C(C)CNC(C)CCCO)n1. The van der Waals surface area contributed by atoms with Crippen molar-refractivity contribution in [2.75, 3.05) is 13.2 Å². The second-order valence-electron chi connectivity index (χ2n) is 4.40. The van der Waals surface area contributed by atoms with Crippen molar-refractivity contribution in [3.8, 4) is 0 Å². The highest BCUT2D eigenvalue weighted by molar-refractivity contribution is 7.09. The lowest BCUT2D eigenvalue weighted by molar-refractivity contribution is 0.276. The van der Waals surface area contributed by atoms with Crippen molar-refractivity contribution in [3.63, 3.8) is 0 Å². The van der Waals surface area contributed by atoms with E-state index in [4.69, 9.17) is 5.11 Å². The summed E-state index contributed by atoms with van der Waals surface area (Å²) in [6.07, 6.45) is 1.90. The molecule has 2 N–H and O–H groups in total. The molecule has 92 valence electrons. The third kappa shape index (κ3) is 4.60. The molecule has 0 aliphatic rings. The van der Waals surface area contributed by atoms with Crippen LogP contribution in [0.25, 0.3) is 0 Å². The number of aromatic nitrogens is 1. The summed E-state index contributed by atoms with van der Waals surface area (Å²) in [4.78, 5) is 4.49. The zero-order chi connectivity index (χ0) is 12.0. The predicted octanol–water partition coefficient (Wildman–Crippen LogP) is 2.31. The molecular formula is C12H22N2OS. The van der Waals surface area contributed by atoms with Gasteiger partial charge in [0.1, 0.15) is 0 Å².